The van der Waals surface area contributed by atoms with Crippen molar-refractivity contribution in [2.24, 2.45) is 7.05 Å². The average molecular weight is 294 g/mol. The van der Waals surface area contributed by atoms with Crippen molar-refractivity contribution < 1.29 is 8.96 Å². The van der Waals surface area contributed by atoms with Gasteiger partial charge in [0.25, 0.3) is 0 Å². The van der Waals surface area contributed by atoms with E-state index in [4.69, 9.17) is 0 Å². The molecule has 0 radical (unpaired) electrons. The van der Waals surface area contributed by atoms with Crippen LogP contribution in [-0.4, -0.2) is 0 Å². The molecule has 22 heavy (non-hydrogen) atoms. The van der Waals surface area contributed by atoms with Gasteiger partial charge in [0, 0.05) is 17.7 Å². The molecular weight excluding hydrogens is 273 g/mol. The van der Waals surface area contributed by atoms with Gasteiger partial charge in [-0.1, -0.05) is 11.6 Å². The fourth-order valence-electron chi connectivity index (χ4n) is 3.17. The van der Waals surface area contributed by atoms with Gasteiger partial charge < -0.3 is 0 Å². The SMILES string of the molecule is Cc1cc(C)c(C)c(-c2ccc3c(C)c(F)ccc3[n+]2C)c1. The average Bonchev–Trinajstić information content (AvgIpc) is 2.47. The Labute approximate surface area is 131 Å². The van der Waals surface area contributed by atoms with Crippen LogP contribution in [0.2, 0.25) is 0 Å². The molecule has 0 saturated heterocycles. The first-order valence-electron chi connectivity index (χ1n) is 7.56. The number of hydrogen-bond donors (Lipinski definition) is 0. The van der Waals surface area contributed by atoms with Crippen LogP contribution in [-0.2, 0) is 7.05 Å². The second kappa shape index (κ2) is 5.20. The van der Waals surface area contributed by atoms with E-state index in [1.807, 2.05) is 26.1 Å². The Hall–Kier alpha value is -2.22. The number of rotatable bonds is 1. The van der Waals surface area contributed by atoms with Crippen LogP contribution < -0.4 is 4.57 Å². The van der Waals surface area contributed by atoms with Crippen LogP contribution in [0.25, 0.3) is 22.2 Å². The zero-order valence-corrected chi connectivity index (χ0v) is 13.8. The molecule has 0 spiro atoms. The Morgan fingerprint density at radius 1 is 0.864 bits per heavy atom. The summed E-state index contributed by atoms with van der Waals surface area (Å²) in [7, 11) is 2.05. The van der Waals surface area contributed by atoms with Gasteiger partial charge >= 0.3 is 0 Å². The number of aromatic nitrogens is 1. The van der Waals surface area contributed by atoms with Gasteiger partial charge in [0.2, 0.25) is 11.2 Å². The van der Waals surface area contributed by atoms with E-state index in [1.165, 1.54) is 22.3 Å². The van der Waals surface area contributed by atoms with Crippen molar-refractivity contribution in [2.75, 3.05) is 0 Å². The molecule has 0 N–H and O–H groups in total. The maximum atomic E-state index is 13.8. The lowest BCUT2D eigenvalue weighted by molar-refractivity contribution is -0.633. The van der Waals surface area contributed by atoms with Crippen LogP contribution >= 0.6 is 0 Å². The zero-order valence-electron chi connectivity index (χ0n) is 13.8. The number of benzene rings is 2. The monoisotopic (exact) mass is 294 g/mol. The molecule has 1 heterocycles. The first-order valence-corrected chi connectivity index (χ1v) is 7.56. The number of aryl methyl sites for hydroxylation is 4. The summed E-state index contributed by atoms with van der Waals surface area (Å²) >= 11 is 0. The zero-order chi connectivity index (χ0) is 16.0. The molecule has 3 rings (SSSR count). The largest absolute Gasteiger partial charge is 0.213 e. The lowest BCUT2D eigenvalue weighted by atomic mass is 9.96. The molecule has 0 saturated carbocycles. The van der Waals surface area contributed by atoms with E-state index in [0.29, 0.717) is 5.56 Å². The maximum absolute atomic E-state index is 13.8. The molecule has 0 aliphatic heterocycles. The minimum Gasteiger partial charge on any atom is -0.207 e. The molecule has 3 aromatic rings. The topological polar surface area (TPSA) is 3.88 Å². The molecule has 0 unspecified atom stereocenters. The van der Waals surface area contributed by atoms with Gasteiger partial charge in [0.05, 0.1) is 5.39 Å². The maximum Gasteiger partial charge on any atom is 0.213 e. The van der Waals surface area contributed by atoms with Crippen LogP contribution in [0.15, 0.2) is 36.4 Å². The first kappa shape index (κ1) is 14.7. The van der Waals surface area contributed by atoms with E-state index in [2.05, 4.69) is 43.5 Å². The summed E-state index contributed by atoms with van der Waals surface area (Å²) in [4.78, 5) is 0. The Kier molecular flexibility index (Phi) is 3.48. The molecule has 0 aliphatic carbocycles. The Morgan fingerprint density at radius 2 is 1.59 bits per heavy atom. The Bertz CT molecular complexity index is 894. The molecule has 112 valence electrons. The van der Waals surface area contributed by atoms with Crippen LogP contribution in [0.3, 0.4) is 0 Å². The fourth-order valence-corrected chi connectivity index (χ4v) is 3.17. The Morgan fingerprint density at radius 3 is 2.32 bits per heavy atom. The lowest BCUT2D eigenvalue weighted by Crippen LogP contribution is -2.32. The van der Waals surface area contributed by atoms with Gasteiger partial charge in [-0.3, -0.25) is 0 Å². The highest BCUT2D eigenvalue weighted by molar-refractivity contribution is 5.81. The number of hydrogen-bond acceptors (Lipinski definition) is 0. The van der Waals surface area contributed by atoms with Gasteiger partial charge in [0.1, 0.15) is 12.9 Å². The summed E-state index contributed by atoms with van der Waals surface area (Å²) in [5.41, 5.74) is 8.00. The van der Waals surface area contributed by atoms with Crippen LogP contribution in [0.5, 0.6) is 0 Å². The highest BCUT2D eigenvalue weighted by atomic mass is 19.1. The van der Waals surface area contributed by atoms with Crippen molar-refractivity contribution in [3.05, 3.63) is 64.5 Å². The van der Waals surface area contributed by atoms with Gasteiger partial charge in [-0.15, -0.1) is 0 Å². The van der Waals surface area contributed by atoms with Crippen LogP contribution in [0.1, 0.15) is 22.3 Å². The highest BCUT2D eigenvalue weighted by Gasteiger charge is 2.18. The van der Waals surface area contributed by atoms with Crippen LogP contribution in [0, 0.1) is 33.5 Å². The summed E-state index contributed by atoms with van der Waals surface area (Å²) in [6, 6.07) is 12.0. The third-order valence-electron chi connectivity index (χ3n) is 4.64. The minimum absolute atomic E-state index is 0.150. The molecule has 0 fully saturated rings. The van der Waals surface area contributed by atoms with E-state index in [0.717, 1.165) is 16.6 Å². The van der Waals surface area contributed by atoms with Gasteiger partial charge in [-0.2, -0.15) is 4.57 Å². The van der Waals surface area contributed by atoms with E-state index in [9.17, 15) is 4.39 Å². The van der Waals surface area contributed by atoms with Gasteiger partial charge in [-0.05, 0) is 62.6 Å². The number of pyridine rings is 1. The van der Waals surface area contributed by atoms with Crippen molar-refractivity contribution in [1.29, 1.82) is 0 Å². The van der Waals surface area contributed by atoms with E-state index < -0.39 is 0 Å². The van der Waals surface area contributed by atoms with Crippen molar-refractivity contribution in [2.45, 2.75) is 27.7 Å². The molecule has 0 amide bonds. The number of halogens is 1. The highest BCUT2D eigenvalue weighted by Crippen LogP contribution is 2.27. The molecule has 2 aromatic carbocycles. The third-order valence-corrected chi connectivity index (χ3v) is 4.64. The smallest absolute Gasteiger partial charge is 0.207 e. The summed E-state index contributed by atoms with van der Waals surface area (Å²) in [5, 5.41) is 0.966. The summed E-state index contributed by atoms with van der Waals surface area (Å²) in [5.74, 6) is -0.150. The fraction of sp³-hybridized carbons (Fsp3) is 0.250. The lowest BCUT2D eigenvalue weighted by Gasteiger charge is -2.11. The van der Waals surface area contributed by atoms with Crippen molar-refractivity contribution in [3.63, 3.8) is 0 Å². The quantitative estimate of drug-likeness (QED) is 0.573. The van der Waals surface area contributed by atoms with Gasteiger partial charge in [0.15, 0.2) is 0 Å². The molecule has 1 aromatic heterocycles. The predicted octanol–water partition coefficient (Wildman–Crippen LogP) is 4.70. The normalized spacial score (nSPS) is 11.2. The third kappa shape index (κ3) is 2.19. The minimum atomic E-state index is -0.150. The molecular formula is C20H21FN+. The molecule has 2 heteroatoms. The van der Waals surface area contributed by atoms with Crippen LogP contribution in [0.4, 0.5) is 4.39 Å². The summed E-state index contributed by atoms with van der Waals surface area (Å²) in [6.45, 7) is 8.26. The van der Waals surface area contributed by atoms with E-state index >= 15 is 0 Å². The first-order chi connectivity index (χ1) is 10.4. The van der Waals surface area contributed by atoms with Crippen molar-refractivity contribution in [3.8, 4) is 11.3 Å². The summed E-state index contributed by atoms with van der Waals surface area (Å²) < 4.78 is 15.9. The second-order valence-corrected chi connectivity index (χ2v) is 6.14. The Balaban J connectivity index is 2.34. The predicted molar refractivity (Wildman–Crippen MR) is 89.5 cm³/mol. The molecule has 0 bridgehead atoms. The number of fused-ring (bicyclic) bond motifs is 1. The van der Waals surface area contributed by atoms with E-state index in [-0.39, 0.29) is 5.82 Å². The molecule has 1 nitrogen and oxygen atoms in total. The second-order valence-electron chi connectivity index (χ2n) is 6.14. The summed E-state index contributed by atoms with van der Waals surface area (Å²) in [6.07, 6.45) is 0. The van der Waals surface area contributed by atoms with Gasteiger partial charge in [-0.25, -0.2) is 4.39 Å². The number of nitrogens with zero attached hydrogens (tertiary/aromatic N) is 1. The molecule has 0 atom stereocenters. The van der Waals surface area contributed by atoms with Crippen molar-refractivity contribution >= 4 is 10.9 Å². The standard InChI is InChI=1S/C20H21FN/c1-12-10-13(2)14(3)17(11-12)20-8-6-16-15(4)18(21)7-9-19(16)22(20)5/h6-11H,1-5H3/q+1. The molecule has 0 aliphatic rings. The van der Waals surface area contributed by atoms with E-state index in [1.54, 1.807) is 6.07 Å². The van der Waals surface area contributed by atoms with Crippen molar-refractivity contribution in [1.82, 2.24) is 0 Å².